The third kappa shape index (κ3) is 12.1. The van der Waals surface area contributed by atoms with Crippen LogP contribution in [-0.4, -0.2) is 50.6 Å². The van der Waals surface area contributed by atoms with E-state index in [-0.39, 0.29) is 55.4 Å². The van der Waals surface area contributed by atoms with Crippen LogP contribution in [-0.2, 0) is 9.47 Å². The molecular weight excluding hydrogens is 691 g/mol. The number of nitroso groups, excluding NO2 is 1. The van der Waals surface area contributed by atoms with Crippen LogP contribution in [0.25, 0.3) is 0 Å². The number of benzene rings is 3. The van der Waals surface area contributed by atoms with Crippen LogP contribution >= 0.6 is 69.6 Å². The van der Waals surface area contributed by atoms with Gasteiger partial charge in [0.1, 0.15) is 12.0 Å². The van der Waals surface area contributed by atoms with Crippen molar-refractivity contribution in [2.24, 2.45) is 11.1 Å². The van der Waals surface area contributed by atoms with Crippen LogP contribution in [0, 0.1) is 10.8 Å². The normalized spacial score (nSPS) is 10.7. The minimum absolute atomic E-state index is 0.0133. The maximum Gasteiger partial charge on any atom is 0.338 e. The van der Waals surface area contributed by atoms with Gasteiger partial charge in [-0.2, -0.15) is 0 Å². The molecule has 0 amide bonds. The third-order valence-corrected chi connectivity index (χ3v) is 6.79. The zero-order valence-corrected chi connectivity index (χ0v) is 27.6. The summed E-state index contributed by atoms with van der Waals surface area (Å²) in [6, 6.07) is 8.36. The summed E-state index contributed by atoms with van der Waals surface area (Å²) < 4.78 is 14.9. The summed E-state index contributed by atoms with van der Waals surface area (Å²) in [5, 5.41) is 12.9. The van der Waals surface area contributed by atoms with Crippen molar-refractivity contribution in [1.82, 2.24) is 0 Å². The molecule has 0 bridgehead atoms. The molecule has 1 N–H and O–H groups in total. The van der Waals surface area contributed by atoms with Gasteiger partial charge in [-0.25, -0.2) is 4.79 Å². The lowest BCUT2D eigenvalue weighted by Crippen LogP contribution is -2.15. The lowest BCUT2D eigenvalue weighted by atomic mass is 10.1. The molecule has 0 aliphatic carbocycles. The molecule has 1 unspecified atom stereocenters. The lowest BCUT2D eigenvalue weighted by Gasteiger charge is -2.11. The number of aromatic hydroxyl groups is 1. The molecule has 0 saturated heterocycles. The van der Waals surface area contributed by atoms with E-state index in [1.165, 1.54) is 50.4 Å². The van der Waals surface area contributed by atoms with Crippen molar-refractivity contribution in [1.29, 1.82) is 0 Å². The lowest BCUT2D eigenvalue weighted by molar-refractivity contribution is 0.0372. The summed E-state index contributed by atoms with van der Waals surface area (Å²) in [6.07, 6.45) is 0.590. The number of aldehydes is 1. The van der Waals surface area contributed by atoms with Crippen LogP contribution in [0.3, 0.4) is 0 Å². The molecule has 0 aromatic heterocycles. The van der Waals surface area contributed by atoms with E-state index in [9.17, 15) is 24.4 Å². The smallest absolute Gasteiger partial charge is 0.338 e. The summed E-state index contributed by atoms with van der Waals surface area (Å²) in [7, 11) is 3.05. The summed E-state index contributed by atoms with van der Waals surface area (Å²) >= 11 is 34.2. The molecule has 3 aromatic rings. The number of halogens is 6. The Morgan fingerprint density at radius 3 is 1.72 bits per heavy atom. The van der Waals surface area contributed by atoms with Gasteiger partial charge in [-0.3, -0.25) is 9.59 Å². The number of nitrogens with zero attached hydrogens (tertiary/aromatic N) is 1. The van der Waals surface area contributed by atoms with Gasteiger partial charge < -0.3 is 19.3 Å². The predicted molar refractivity (Wildman–Crippen MR) is 170 cm³/mol. The standard InChI is InChI=1S/C12H14Cl2O4.C9H8Cl2O2.C7H3Cl2NO2/c1-7(5-17-2)6-18-12(16)8-3-9(13)11(15)10(14)4-8;1-5(12)6-3-7(10)9(13-2)8(11)4-6;8-5-1-4(3-11)2-6(9)7(5)10-12/h3-4,7,15H,5-6H2,1-2H3;3-4H,1-2H3;1-3H. The molecule has 0 fully saturated rings. The van der Waals surface area contributed by atoms with Crippen molar-refractivity contribution >= 4 is 93.3 Å². The van der Waals surface area contributed by atoms with Crippen LogP contribution < -0.4 is 4.74 Å². The second-order valence-electron chi connectivity index (χ2n) is 8.52. The maximum absolute atomic E-state index is 11.7. The number of rotatable bonds is 9. The first-order valence-corrected chi connectivity index (χ1v) is 14.1. The molecule has 0 aliphatic heterocycles. The van der Waals surface area contributed by atoms with Gasteiger partial charge in [0.05, 0.1) is 56.0 Å². The van der Waals surface area contributed by atoms with Gasteiger partial charge in [0.2, 0.25) is 0 Å². The Morgan fingerprint density at radius 1 is 0.837 bits per heavy atom. The third-order valence-electron chi connectivity index (χ3n) is 5.08. The van der Waals surface area contributed by atoms with Gasteiger partial charge in [0.25, 0.3) is 0 Å². The zero-order valence-electron chi connectivity index (χ0n) is 23.1. The number of carbonyl (C=O) groups is 3. The largest absolute Gasteiger partial charge is 0.505 e. The minimum atomic E-state index is -0.540. The molecule has 0 radical (unpaired) electrons. The predicted octanol–water partition coefficient (Wildman–Crippen LogP) is 9.55. The molecule has 43 heavy (non-hydrogen) atoms. The fourth-order valence-electron chi connectivity index (χ4n) is 3.02. The van der Waals surface area contributed by atoms with Crippen LogP contribution in [0.1, 0.15) is 44.9 Å². The number of Topliss-reactive ketones (excluding diaryl/α,β-unsaturated/α-hetero) is 1. The molecule has 1 atom stereocenters. The highest BCUT2D eigenvalue weighted by atomic mass is 35.5. The van der Waals surface area contributed by atoms with Gasteiger partial charge in [-0.15, -0.1) is 4.91 Å². The van der Waals surface area contributed by atoms with Crippen molar-refractivity contribution in [2.45, 2.75) is 13.8 Å². The quantitative estimate of drug-likeness (QED) is 0.100. The number of esters is 1. The van der Waals surface area contributed by atoms with E-state index in [1.54, 1.807) is 7.11 Å². The number of carbonyl (C=O) groups excluding carboxylic acids is 3. The molecule has 0 heterocycles. The van der Waals surface area contributed by atoms with Crippen molar-refractivity contribution in [2.75, 3.05) is 27.4 Å². The van der Waals surface area contributed by atoms with E-state index in [0.29, 0.717) is 39.8 Å². The Hall–Kier alpha value is -2.63. The Balaban J connectivity index is 0.000000331. The van der Waals surface area contributed by atoms with Gasteiger partial charge in [-0.05, 0) is 48.5 Å². The maximum atomic E-state index is 11.7. The first kappa shape index (κ1) is 38.4. The number of phenolic OH excluding ortho intramolecular Hbond substituents is 1. The van der Waals surface area contributed by atoms with E-state index in [1.807, 2.05) is 6.92 Å². The average Bonchev–Trinajstić information content (AvgIpc) is 2.94. The Bertz CT molecular complexity index is 1400. The zero-order chi connectivity index (χ0) is 32.9. The van der Waals surface area contributed by atoms with Crippen LogP contribution in [0.4, 0.5) is 5.69 Å². The van der Waals surface area contributed by atoms with E-state index in [0.717, 1.165) is 0 Å². The van der Waals surface area contributed by atoms with Crippen LogP contribution in [0.5, 0.6) is 11.5 Å². The topological polar surface area (TPSA) is 129 Å². The minimum Gasteiger partial charge on any atom is -0.505 e. The molecule has 15 heteroatoms. The van der Waals surface area contributed by atoms with Crippen LogP contribution in [0.2, 0.25) is 30.1 Å². The van der Waals surface area contributed by atoms with Crippen molar-refractivity contribution in [3.05, 3.63) is 88.1 Å². The Kier molecular flexibility index (Phi) is 16.9. The fourth-order valence-corrected chi connectivity index (χ4v) is 4.72. The van der Waals surface area contributed by atoms with Gasteiger partial charge >= 0.3 is 5.97 Å². The number of ether oxygens (including phenoxy) is 3. The van der Waals surface area contributed by atoms with Crippen molar-refractivity contribution in [3.63, 3.8) is 0 Å². The van der Waals surface area contributed by atoms with E-state index in [4.69, 9.17) is 83.8 Å². The molecular formula is C28H25Cl6NO8. The highest BCUT2D eigenvalue weighted by molar-refractivity contribution is 6.39. The van der Waals surface area contributed by atoms with Crippen LogP contribution in [0.15, 0.2) is 41.6 Å². The molecule has 0 aliphatic rings. The molecule has 3 rings (SSSR count). The summed E-state index contributed by atoms with van der Waals surface area (Å²) in [6.45, 7) is 4.09. The highest BCUT2D eigenvalue weighted by Crippen LogP contribution is 2.35. The number of methoxy groups -OCH3 is 2. The summed E-state index contributed by atoms with van der Waals surface area (Å²) in [4.78, 5) is 43.1. The van der Waals surface area contributed by atoms with E-state index < -0.39 is 5.97 Å². The molecule has 0 saturated carbocycles. The SMILES string of the molecule is COCC(C)COC(=O)c1cc(Cl)c(O)c(Cl)c1.COc1c(Cl)cc(C(C)=O)cc1Cl.O=Cc1cc(Cl)c(N=O)c(Cl)c1. The second-order valence-corrected chi connectivity index (χ2v) is 11.0. The highest BCUT2D eigenvalue weighted by Gasteiger charge is 2.15. The molecule has 232 valence electrons. The summed E-state index contributed by atoms with van der Waals surface area (Å²) in [5.74, 6) is -0.369. The van der Waals surface area contributed by atoms with E-state index >= 15 is 0 Å². The number of ketones is 1. The van der Waals surface area contributed by atoms with Crippen molar-refractivity contribution < 1.29 is 33.7 Å². The average molecular weight is 716 g/mol. The number of hydrogen-bond donors (Lipinski definition) is 1. The summed E-state index contributed by atoms with van der Waals surface area (Å²) in [5.41, 5.74) is 0.963. The molecule has 3 aromatic carbocycles. The monoisotopic (exact) mass is 713 g/mol. The first-order chi connectivity index (χ1) is 20.2. The Morgan fingerprint density at radius 2 is 1.33 bits per heavy atom. The van der Waals surface area contributed by atoms with Gasteiger partial charge in [0, 0.05) is 24.2 Å². The number of hydrogen-bond acceptors (Lipinski definition) is 9. The van der Waals surface area contributed by atoms with Gasteiger partial charge in [-0.1, -0.05) is 76.5 Å². The van der Waals surface area contributed by atoms with E-state index in [2.05, 4.69) is 5.18 Å². The van der Waals surface area contributed by atoms with Gasteiger partial charge in [0.15, 0.2) is 17.3 Å². The molecule has 9 nitrogen and oxygen atoms in total. The fraction of sp³-hybridized carbons (Fsp3) is 0.250. The first-order valence-electron chi connectivity index (χ1n) is 11.9. The molecule has 0 spiro atoms. The second kappa shape index (κ2) is 18.9. The Labute approximate surface area is 277 Å². The number of phenols is 1. The van der Waals surface area contributed by atoms with Crippen molar-refractivity contribution in [3.8, 4) is 11.5 Å².